The first-order valence-electron chi connectivity index (χ1n) is 11.5. The highest BCUT2D eigenvalue weighted by Crippen LogP contribution is 2.32. The molecule has 0 atom stereocenters. The zero-order chi connectivity index (χ0) is 24.5. The van der Waals surface area contributed by atoms with Crippen LogP contribution in [-0.4, -0.2) is 28.3 Å². The Bertz CT molecular complexity index is 1090. The summed E-state index contributed by atoms with van der Waals surface area (Å²) >= 11 is 0. The van der Waals surface area contributed by atoms with E-state index in [9.17, 15) is 9.18 Å². The molecule has 0 saturated heterocycles. The summed E-state index contributed by atoms with van der Waals surface area (Å²) in [7, 11) is 1.46. The Kier molecular flexibility index (Phi) is 9.01. The van der Waals surface area contributed by atoms with Crippen molar-refractivity contribution in [1.82, 2.24) is 10.1 Å². The second kappa shape index (κ2) is 12.2. The summed E-state index contributed by atoms with van der Waals surface area (Å²) in [4.78, 5) is 14.7. The van der Waals surface area contributed by atoms with Crippen molar-refractivity contribution in [3.63, 3.8) is 0 Å². The molecule has 7 nitrogen and oxygen atoms in total. The number of carboxylic acids is 1. The third kappa shape index (κ3) is 7.57. The Labute approximate surface area is 198 Å². The van der Waals surface area contributed by atoms with Crippen molar-refractivity contribution in [2.45, 2.75) is 59.0 Å². The normalized spacial score (nSPS) is 12.1. The van der Waals surface area contributed by atoms with Crippen LogP contribution in [0.2, 0.25) is 0 Å². The average Bonchev–Trinajstić information content (AvgIpc) is 3.65. The fourth-order valence-electron chi connectivity index (χ4n) is 3.18. The second-order valence-electron chi connectivity index (χ2n) is 8.63. The molecule has 1 N–H and O–H groups in total. The van der Waals surface area contributed by atoms with Crippen LogP contribution in [0.15, 0.2) is 41.1 Å². The van der Waals surface area contributed by atoms with Gasteiger partial charge < -0.3 is 19.1 Å². The molecule has 0 bridgehead atoms. The van der Waals surface area contributed by atoms with Gasteiger partial charge in [0.2, 0.25) is 5.88 Å². The summed E-state index contributed by atoms with van der Waals surface area (Å²) in [6.45, 7) is 4.24. The molecule has 8 heteroatoms. The van der Waals surface area contributed by atoms with E-state index in [1.165, 1.54) is 32.4 Å². The quantitative estimate of drug-likeness (QED) is 0.397. The van der Waals surface area contributed by atoms with Crippen LogP contribution in [0.1, 0.15) is 56.4 Å². The van der Waals surface area contributed by atoms with Crippen LogP contribution in [-0.2, 0) is 24.2 Å². The van der Waals surface area contributed by atoms with Crippen LogP contribution in [0.3, 0.4) is 0 Å². The molecule has 2 heterocycles. The zero-order valence-corrected chi connectivity index (χ0v) is 19.8. The Morgan fingerprint density at radius 1 is 1.24 bits per heavy atom. The van der Waals surface area contributed by atoms with E-state index in [0.29, 0.717) is 30.0 Å². The lowest BCUT2D eigenvalue weighted by Crippen LogP contribution is -2.04. The van der Waals surface area contributed by atoms with Crippen LogP contribution in [0.25, 0.3) is 11.3 Å². The lowest BCUT2D eigenvalue weighted by Gasteiger charge is -2.10. The SMILES string of the molecule is C1CC1.COc1cc(-c2onc(COc3cccc(CCC(=O)O)c3)c2CC(C)C)c(F)cn1. The highest BCUT2D eigenvalue weighted by molar-refractivity contribution is 5.67. The van der Waals surface area contributed by atoms with E-state index >= 15 is 0 Å². The summed E-state index contributed by atoms with van der Waals surface area (Å²) in [5.74, 6) is 0.114. The van der Waals surface area contributed by atoms with Crippen molar-refractivity contribution >= 4 is 5.97 Å². The number of carbonyl (C=O) groups is 1. The van der Waals surface area contributed by atoms with Gasteiger partial charge in [-0.3, -0.25) is 4.79 Å². The number of methoxy groups -OCH3 is 1. The molecule has 1 saturated carbocycles. The number of carboxylic acid groups (broad SMARTS) is 1. The molecule has 182 valence electrons. The van der Waals surface area contributed by atoms with Crippen LogP contribution in [0, 0.1) is 11.7 Å². The standard InChI is InChI=1S/C23H25FN2O5.C3H6/c1-14(2)9-18-20(13-30-16-6-4-5-15(10-16)7-8-22(27)28)26-31-23(18)17-11-21(29-3)25-12-19(17)24;1-2-3-1/h4-6,10-12,14H,7-9,13H2,1-3H3,(H,27,28);1-3H2. The number of benzene rings is 1. The van der Waals surface area contributed by atoms with Crippen LogP contribution in [0.4, 0.5) is 4.39 Å². The van der Waals surface area contributed by atoms with Crippen LogP contribution < -0.4 is 9.47 Å². The van der Waals surface area contributed by atoms with E-state index in [1.54, 1.807) is 12.1 Å². The van der Waals surface area contributed by atoms with Crippen molar-refractivity contribution in [3.05, 3.63) is 59.2 Å². The summed E-state index contributed by atoms with van der Waals surface area (Å²) in [6.07, 6.45) is 6.69. The minimum absolute atomic E-state index is 0.0512. The molecule has 0 radical (unpaired) electrons. The van der Waals surface area contributed by atoms with E-state index < -0.39 is 11.8 Å². The summed E-state index contributed by atoms with van der Waals surface area (Å²) in [5.41, 5.74) is 2.45. The number of aryl methyl sites for hydroxylation is 1. The molecule has 1 fully saturated rings. The summed E-state index contributed by atoms with van der Waals surface area (Å²) < 4.78 is 31.0. The van der Waals surface area contributed by atoms with Gasteiger partial charge in [-0.05, 0) is 36.5 Å². The summed E-state index contributed by atoms with van der Waals surface area (Å²) in [5, 5.41) is 13.0. The molecule has 4 rings (SSSR count). The van der Waals surface area contributed by atoms with Crippen molar-refractivity contribution < 1.29 is 28.3 Å². The van der Waals surface area contributed by atoms with E-state index in [-0.39, 0.29) is 30.4 Å². The van der Waals surface area contributed by atoms with Crippen LogP contribution >= 0.6 is 0 Å². The second-order valence-corrected chi connectivity index (χ2v) is 8.63. The Hall–Kier alpha value is -3.42. The number of aromatic nitrogens is 2. The molecule has 0 unspecified atom stereocenters. The zero-order valence-electron chi connectivity index (χ0n) is 19.8. The largest absolute Gasteiger partial charge is 0.487 e. The predicted molar refractivity (Wildman–Crippen MR) is 125 cm³/mol. The number of nitrogens with zero attached hydrogens (tertiary/aromatic N) is 2. The highest BCUT2D eigenvalue weighted by atomic mass is 19.1. The number of rotatable bonds is 10. The lowest BCUT2D eigenvalue weighted by atomic mass is 9.98. The number of ether oxygens (including phenoxy) is 2. The molecular formula is C26H31FN2O5. The molecule has 2 aromatic heterocycles. The maximum atomic E-state index is 14.5. The van der Waals surface area contributed by atoms with E-state index in [4.69, 9.17) is 19.1 Å². The van der Waals surface area contributed by atoms with Crippen molar-refractivity contribution in [2.24, 2.45) is 5.92 Å². The van der Waals surface area contributed by atoms with Crippen molar-refractivity contribution in [3.8, 4) is 23.0 Å². The molecule has 0 aliphatic heterocycles. The molecular weight excluding hydrogens is 439 g/mol. The van der Waals surface area contributed by atoms with Gasteiger partial charge in [-0.1, -0.05) is 50.4 Å². The number of hydrogen-bond acceptors (Lipinski definition) is 6. The smallest absolute Gasteiger partial charge is 0.303 e. The molecule has 1 aromatic carbocycles. The third-order valence-electron chi connectivity index (χ3n) is 5.02. The van der Waals surface area contributed by atoms with Gasteiger partial charge in [0.1, 0.15) is 18.1 Å². The molecule has 3 aromatic rings. The highest BCUT2D eigenvalue weighted by Gasteiger charge is 2.22. The van der Waals surface area contributed by atoms with Gasteiger partial charge in [0.25, 0.3) is 0 Å². The number of pyridine rings is 1. The van der Waals surface area contributed by atoms with Gasteiger partial charge >= 0.3 is 5.97 Å². The number of halogens is 1. The minimum atomic E-state index is -0.847. The topological polar surface area (TPSA) is 94.7 Å². The fraction of sp³-hybridized carbons (Fsp3) is 0.423. The molecule has 1 aliphatic rings. The average molecular weight is 471 g/mol. The van der Waals surface area contributed by atoms with E-state index in [0.717, 1.165) is 17.3 Å². The van der Waals surface area contributed by atoms with Gasteiger partial charge in [-0.25, -0.2) is 9.37 Å². The van der Waals surface area contributed by atoms with Crippen molar-refractivity contribution in [2.75, 3.05) is 7.11 Å². The van der Waals surface area contributed by atoms with Gasteiger partial charge in [-0.15, -0.1) is 0 Å². The maximum Gasteiger partial charge on any atom is 0.303 e. The monoisotopic (exact) mass is 470 g/mol. The third-order valence-corrected chi connectivity index (χ3v) is 5.02. The Morgan fingerprint density at radius 2 is 2.00 bits per heavy atom. The first-order chi connectivity index (χ1) is 16.4. The number of aliphatic carboxylic acids is 1. The molecule has 0 spiro atoms. The van der Waals surface area contributed by atoms with Crippen LogP contribution in [0.5, 0.6) is 11.6 Å². The Morgan fingerprint density at radius 3 is 2.65 bits per heavy atom. The molecule has 0 amide bonds. The fourth-order valence-corrected chi connectivity index (χ4v) is 3.18. The first kappa shape index (κ1) is 25.2. The Balaban J connectivity index is 0.000000999. The summed E-state index contributed by atoms with van der Waals surface area (Å²) in [6, 6.07) is 8.75. The van der Waals surface area contributed by atoms with Gasteiger partial charge in [0, 0.05) is 18.1 Å². The minimum Gasteiger partial charge on any atom is -0.487 e. The number of hydrogen-bond donors (Lipinski definition) is 1. The maximum absolute atomic E-state index is 14.5. The first-order valence-corrected chi connectivity index (χ1v) is 11.5. The van der Waals surface area contributed by atoms with Crippen molar-refractivity contribution in [1.29, 1.82) is 0 Å². The molecule has 34 heavy (non-hydrogen) atoms. The predicted octanol–water partition coefficient (Wildman–Crippen LogP) is 5.85. The molecule has 1 aliphatic carbocycles. The van der Waals surface area contributed by atoms with E-state index in [1.807, 2.05) is 12.1 Å². The van der Waals surface area contributed by atoms with Gasteiger partial charge in [0.05, 0.1) is 18.9 Å². The lowest BCUT2D eigenvalue weighted by molar-refractivity contribution is -0.136. The van der Waals surface area contributed by atoms with Gasteiger partial charge in [-0.2, -0.15) is 0 Å². The van der Waals surface area contributed by atoms with Gasteiger partial charge in [0.15, 0.2) is 11.6 Å². The van der Waals surface area contributed by atoms with E-state index in [2.05, 4.69) is 24.0 Å².